The number of benzene rings is 1. The molecule has 116 valence electrons. The topological polar surface area (TPSA) is 81.2 Å². The molecule has 2 aromatic rings. The van der Waals surface area contributed by atoms with E-state index in [0.29, 0.717) is 11.7 Å². The second kappa shape index (κ2) is 5.73. The molecule has 0 spiro atoms. The summed E-state index contributed by atoms with van der Waals surface area (Å²) >= 11 is 5.97. The van der Waals surface area contributed by atoms with Crippen molar-refractivity contribution in [1.29, 1.82) is 0 Å². The molecule has 0 radical (unpaired) electrons. The molecule has 1 heterocycles. The van der Waals surface area contributed by atoms with E-state index in [-0.39, 0.29) is 15.9 Å². The largest absolute Gasteiger partial charge is 0.495 e. The second-order valence-electron chi connectivity index (χ2n) is 4.98. The highest BCUT2D eigenvalue weighted by molar-refractivity contribution is 7.92. The highest BCUT2D eigenvalue weighted by atomic mass is 35.5. The molecule has 6 nitrogen and oxygen atoms in total. The Bertz CT molecular complexity index is 807. The minimum absolute atomic E-state index is 0.0266. The molecule has 8 heteroatoms. The molecular formula is C14H14ClN3O3S. The third-order valence-corrected chi connectivity index (χ3v) is 4.95. The van der Waals surface area contributed by atoms with E-state index in [4.69, 9.17) is 16.3 Å². The summed E-state index contributed by atoms with van der Waals surface area (Å²) in [6.07, 6.45) is 3.72. The summed E-state index contributed by atoms with van der Waals surface area (Å²) < 4.78 is 32.1. The highest BCUT2D eigenvalue weighted by Crippen LogP contribution is 2.39. The van der Waals surface area contributed by atoms with Crippen LogP contribution in [0.3, 0.4) is 0 Å². The van der Waals surface area contributed by atoms with E-state index in [1.165, 1.54) is 25.3 Å². The van der Waals surface area contributed by atoms with Crippen LogP contribution in [-0.2, 0) is 10.0 Å². The van der Waals surface area contributed by atoms with Crippen molar-refractivity contribution in [2.75, 3.05) is 11.8 Å². The molecule has 0 bridgehead atoms. The maximum Gasteiger partial charge on any atom is 0.264 e. The molecule has 0 amide bonds. The summed E-state index contributed by atoms with van der Waals surface area (Å²) in [4.78, 5) is 8.23. The number of nitrogens with one attached hydrogen (secondary N) is 1. The standard InChI is InChI=1S/C14H14ClN3O3S/c1-21-13-5-4-10(8-11(13)15)22(19,20)18-14-16-7-6-12(17-14)9-2-3-9/h4-9H,2-3H2,1H3,(H,16,17,18). The molecule has 1 fully saturated rings. The van der Waals surface area contributed by atoms with Crippen molar-refractivity contribution >= 4 is 27.6 Å². The fourth-order valence-corrected chi connectivity index (χ4v) is 3.32. The monoisotopic (exact) mass is 339 g/mol. The van der Waals surface area contributed by atoms with Crippen molar-refractivity contribution in [3.05, 3.63) is 41.2 Å². The Morgan fingerprint density at radius 3 is 2.73 bits per heavy atom. The van der Waals surface area contributed by atoms with Crippen molar-refractivity contribution in [3.8, 4) is 5.75 Å². The zero-order chi connectivity index (χ0) is 15.7. The van der Waals surface area contributed by atoms with Crippen LogP contribution in [0.5, 0.6) is 5.75 Å². The van der Waals surface area contributed by atoms with Crippen molar-refractivity contribution in [3.63, 3.8) is 0 Å². The van der Waals surface area contributed by atoms with Crippen LogP contribution in [0.15, 0.2) is 35.4 Å². The third-order valence-electron chi connectivity index (χ3n) is 3.33. The third kappa shape index (κ3) is 3.15. The van der Waals surface area contributed by atoms with E-state index in [1.54, 1.807) is 12.3 Å². The minimum Gasteiger partial charge on any atom is -0.495 e. The smallest absolute Gasteiger partial charge is 0.264 e. The van der Waals surface area contributed by atoms with Gasteiger partial charge in [0.05, 0.1) is 17.0 Å². The Morgan fingerprint density at radius 2 is 2.09 bits per heavy atom. The van der Waals surface area contributed by atoms with Crippen LogP contribution >= 0.6 is 11.6 Å². The van der Waals surface area contributed by atoms with Crippen LogP contribution < -0.4 is 9.46 Å². The van der Waals surface area contributed by atoms with Crippen molar-refractivity contribution < 1.29 is 13.2 Å². The Kier molecular flexibility index (Phi) is 3.92. The lowest BCUT2D eigenvalue weighted by atomic mass is 10.3. The van der Waals surface area contributed by atoms with Crippen LogP contribution in [-0.4, -0.2) is 25.5 Å². The van der Waals surface area contributed by atoms with Gasteiger partial charge in [0.1, 0.15) is 5.75 Å². The fourth-order valence-electron chi connectivity index (χ4n) is 2.02. The minimum atomic E-state index is -3.80. The van der Waals surface area contributed by atoms with E-state index in [2.05, 4.69) is 14.7 Å². The molecule has 3 rings (SSSR count). The summed E-state index contributed by atoms with van der Waals surface area (Å²) in [5, 5.41) is 0.220. The molecule has 0 saturated heterocycles. The van der Waals surface area contributed by atoms with Gasteiger partial charge in [-0.3, -0.25) is 0 Å². The molecular weight excluding hydrogens is 326 g/mol. The summed E-state index contributed by atoms with van der Waals surface area (Å²) in [5.41, 5.74) is 0.862. The maximum atomic E-state index is 12.4. The van der Waals surface area contributed by atoms with Gasteiger partial charge < -0.3 is 4.74 Å². The molecule has 0 unspecified atom stereocenters. The molecule has 1 aliphatic rings. The molecule has 1 aliphatic carbocycles. The number of halogens is 1. The molecule has 1 aromatic heterocycles. The molecule has 0 aliphatic heterocycles. The van der Waals surface area contributed by atoms with E-state index in [1.807, 2.05) is 0 Å². The maximum absolute atomic E-state index is 12.4. The van der Waals surface area contributed by atoms with Gasteiger partial charge in [-0.05, 0) is 37.1 Å². The quantitative estimate of drug-likeness (QED) is 0.905. The summed E-state index contributed by atoms with van der Waals surface area (Å²) in [7, 11) is -2.33. The van der Waals surface area contributed by atoms with Gasteiger partial charge in [0.15, 0.2) is 0 Å². The van der Waals surface area contributed by atoms with Gasteiger partial charge in [-0.1, -0.05) is 11.6 Å². The molecule has 22 heavy (non-hydrogen) atoms. The van der Waals surface area contributed by atoms with Crippen molar-refractivity contribution in [2.24, 2.45) is 0 Å². The van der Waals surface area contributed by atoms with Gasteiger partial charge in [0.2, 0.25) is 5.95 Å². The van der Waals surface area contributed by atoms with Gasteiger partial charge >= 0.3 is 0 Å². The predicted molar refractivity (Wildman–Crippen MR) is 82.8 cm³/mol. The number of aromatic nitrogens is 2. The first-order chi connectivity index (χ1) is 10.5. The summed E-state index contributed by atoms with van der Waals surface area (Å²) in [5.74, 6) is 0.894. The molecule has 1 saturated carbocycles. The predicted octanol–water partition coefficient (Wildman–Crippen LogP) is 2.82. The summed E-state index contributed by atoms with van der Waals surface area (Å²) in [6.45, 7) is 0. The van der Waals surface area contributed by atoms with E-state index >= 15 is 0 Å². The lowest BCUT2D eigenvalue weighted by molar-refractivity contribution is 0.414. The Balaban J connectivity index is 1.86. The van der Waals surface area contributed by atoms with E-state index in [0.717, 1.165) is 18.5 Å². The number of hydrogen-bond donors (Lipinski definition) is 1. The van der Waals surface area contributed by atoms with Crippen LogP contribution in [0.25, 0.3) is 0 Å². The summed E-state index contributed by atoms with van der Waals surface area (Å²) in [6, 6.07) is 6.04. The number of ether oxygens (including phenoxy) is 1. The molecule has 1 aromatic carbocycles. The molecule has 1 N–H and O–H groups in total. The SMILES string of the molecule is COc1ccc(S(=O)(=O)Nc2nccc(C3CC3)n2)cc1Cl. The number of methoxy groups -OCH3 is 1. The van der Waals surface area contributed by atoms with Gasteiger partial charge in [-0.15, -0.1) is 0 Å². The first-order valence-electron chi connectivity index (χ1n) is 6.69. The Morgan fingerprint density at radius 1 is 1.32 bits per heavy atom. The lowest BCUT2D eigenvalue weighted by Crippen LogP contribution is -2.15. The first-order valence-corrected chi connectivity index (χ1v) is 8.55. The second-order valence-corrected chi connectivity index (χ2v) is 7.07. The normalized spacial score (nSPS) is 14.6. The number of anilines is 1. The van der Waals surface area contributed by atoms with Gasteiger partial charge in [0, 0.05) is 17.8 Å². The number of hydrogen-bond acceptors (Lipinski definition) is 5. The van der Waals surface area contributed by atoms with E-state index in [9.17, 15) is 8.42 Å². The Hall–Kier alpha value is -1.86. The van der Waals surface area contributed by atoms with Gasteiger partial charge in [-0.25, -0.2) is 23.1 Å². The van der Waals surface area contributed by atoms with Gasteiger partial charge in [-0.2, -0.15) is 0 Å². The Labute approximate surface area is 133 Å². The van der Waals surface area contributed by atoms with Crippen LogP contribution in [0.1, 0.15) is 24.5 Å². The van der Waals surface area contributed by atoms with Crippen LogP contribution in [0.4, 0.5) is 5.95 Å². The first kappa shape index (κ1) is 15.1. The average Bonchev–Trinajstić information content (AvgIpc) is 3.31. The number of sulfonamides is 1. The highest BCUT2D eigenvalue weighted by Gasteiger charge is 2.26. The zero-order valence-electron chi connectivity index (χ0n) is 11.8. The van der Waals surface area contributed by atoms with Gasteiger partial charge in [0.25, 0.3) is 10.0 Å². The average molecular weight is 340 g/mol. The van der Waals surface area contributed by atoms with E-state index < -0.39 is 10.0 Å². The number of rotatable bonds is 5. The van der Waals surface area contributed by atoms with Crippen LogP contribution in [0.2, 0.25) is 5.02 Å². The van der Waals surface area contributed by atoms with Crippen molar-refractivity contribution in [1.82, 2.24) is 9.97 Å². The fraction of sp³-hybridized carbons (Fsp3) is 0.286. The number of nitrogens with zero attached hydrogens (tertiary/aromatic N) is 2. The van der Waals surface area contributed by atoms with Crippen LogP contribution in [0, 0.1) is 0 Å². The lowest BCUT2D eigenvalue weighted by Gasteiger charge is -2.09. The zero-order valence-corrected chi connectivity index (χ0v) is 13.4. The molecule has 0 atom stereocenters. The van der Waals surface area contributed by atoms with Crippen molar-refractivity contribution in [2.45, 2.75) is 23.7 Å².